The van der Waals surface area contributed by atoms with Crippen LogP contribution in [0.2, 0.25) is 0 Å². The Labute approximate surface area is 209 Å². The van der Waals surface area contributed by atoms with Crippen molar-refractivity contribution in [3.8, 4) is 22.8 Å². The number of nitrogens with one attached hydrogen (secondary N) is 2. The van der Waals surface area contributed by atoms with Crippen molar-refractivity contribution < 1.29 is 13.9 Å². The van der Waals surface area contributed by atoms with Crippen molar-refractivity contribution >= 4 is 11.1 Å². The minimum atomic E-state index is -1.15. The van der Waals surface area contributed by atoms with E-state index in [1.807, 2.05) is 12.1 Å². The average Bonchev–Trinajstić information content (AvgIpc) is 3.26. The maximum atomic E-state index is 15.4. The van der Waals surface area contributed by atoms with E-state index < -0.39 is 17.2 Å². The molecule has 0 saturated carbocycles. The van der Waals surface area contributed by atoms with Gasteiger partial charge in [0, 0.05) is 13.1 Å². The third-order valence-corrected chi connectivity index (χ3v) is 6.59. The van der Waals surface area contributed by atoms with Crippen LogP contribution in [0.15, 0.2) is 48.6 Å². The van der Waals surface area contributed by atoms with Gasteiger partial charge in [-0.05, 0) is 86.3 Å². The van der Waals surface area contributed by atoms with Crippen LogP contribution in [0.1, 0.15) is 37.8 Å². The third-order valence-electron chi connectivity index (χ3n) is 6.59. The van der Waals surface area contributed by atoms with Gasteiger partial charge in [0.25, 0.3) is 0 Å². The molecule has 0 fully saturated rings. The molecule has 188 valence electrons. The third kappa shape index (κ3) is 5.16. The molecule has 36 heavy (non-hydrogen) atoms. The second-order valence-corrected chi connectivity index (χ2v) is 10.0. The van der Waals surface area contributed by atoms with E-state index in [4.69, 9.17) is 0 Å². The minimum Gasteiger partial charge on any atom is -0.389 e. The van der Waals surface area contributed by atoms with Gasteiger partial charge in [-0.1, -0.05) is 24.3 Å². The molecule has 0 aliphatic carbocycles. The topological polar surface area (TPSA) is 75.0 Å². The van der Waals surface area contributed by atoms with Crippen molar-refractivity contribution in [1.82, 2.24) is 25.4 Å². The quantitative estimate of drug-likeness (QED) is 0.476. The van der Waals surface area contributed by atoms with E-state index in [-0.39, 0.29) is 29.3 Å². The van der Waals surface area contributed by atoms with Gasteiger partial charge in [0.2, 0.25) is 0 Å². The minimum absolute atomic E-state index is 0.0701. The predicted octanol–water partition coefficient (Wildman–Crippen LogP) is 4.41. The summed E-state index contributed by atoms with van der Waals surface area (Å²) < 4.78 is 32.4. The van der Waals surface area contributed by atoms with E-state index in [0.29, 0.717) is 0 Å². The highest BCUT2D eigenvalue weighted by Gasteiger charge is 2.25. The van der Waals surface area contributed by atoms with Gasteiger partial charge in [-0.2, -0.15) is 0 Å². The highest BCUT2D eigenvalue weighted by Crippen LogP contribution is 2.32. The molecule has 0 amide bonds. The number of aromatic nitrogens is 3. The number of aliphatic hydroxyl groups is 1. The van der Waals surface area contributed by atoms with Crippen molar-refractivity contribution in [3.63, 3.8) is 0 Å². The zero-order valence-electron chi connectivity index (χ0n) is 20.6. The fourth-order valence-corrected chi connectivity index (χ4v) is 4.80. The van der Waals surface area contributed by atoms with Gasteiger partial charge in [0.05, 0.1) is 23.3 Å². The zero-order valence-corrected chi connectivity index (χ0v) is 20.6. The maximum absolute atomic E-state index is 15.4. The molecule has 3 aromatic rings. The molecule has 3 heterocycles. The normalized spacial score (nSPS) is 16.6. The number of hydrogen-bond acceptors (Lipinski definition) is 5. The van der Waals surface area contributed by atoms with Crippen molar-refractivity contribution in [2.75, 3.05) is 26.2 Å². The van der Waals surface area contributed by atoms with Gasteiger partial charge >= 0.3 is 0 Å². The monoisotopic (exact) mass is 491 g/mol. The average molecular weight is 492 g/mol. The zero-order chi connectivity index (χ0) is 25.3. The van der Waals surface area contributed by atoms with Gasteiger partial charge in [-0.15, -0.1) is 10.2 Å². The maximum Gasteiger partial charge on any atom is 0.167 e. The Bertz CT molecular complexity index is 1240. The van der Waals surface area contributed by atoms with Crippen LogP contribution in [0.3, 0.4) is 0 Å². The molecule has 0 unspecified atom stereocenters. The van der Waals surface area contributed by atoms with Crippen LogP contribution in [0, 0.1) is 11.6 Å². The van der Waals surface area contributed by atoms with Crippen molar-refractivity contribution in [2.24, 2.45) is 0 Å². The van der Waals surface area contributed by atoms with Crippen LogP contribution < -0.4 is 10.6 Å². The Morgan fingerprint density at radius 2 is 1.31 bits per heavy atom. The molecular formula is C28H31F2N5O. The Morgan fingerprint density at radius 1 is 0.833 bits per heavy atom. The first-order valence-corrected chi connectivity index (χ1v) is 12.4. The van der Waals surface area contributed by atoms with E-state index in [2.05, 4.69) is 33.0 Å². The van der Waals surface area contributed by atoms with Crippen molar-refractivity contribution in [1.29, 1.82) is 0 Å². The Kier molecular flexibility index (Phi) is 6.83. The van der Waals surface area contributed by atoms with Crippen LogP contribution in [0.4, 0.5) is 8.78 Å². The summed E-state index contributed by atoms with van der Waals surface area (Å²) in [5, 5.41) is 25.6. The number of benzene rings is 2. The Morgan fingerprint density at radius 3 is 1.67 bits per heavy atom. The van der Waals surface area contributed by atoms with Crippen LogP contribution in [-0.2, 0) is 6.54 Å². The first-order chi connectivity index (χ1) is 17.3. The SMILES string of the molecule is CC(C)(O)Cn1c(-c2ccc(C3=CCNCC3)cc2F)nnc1-c1ccc(C2=CCNCC2)cc1F. The molecule has 8 heteroatoms. The lowest BCUT2D eigenvalue weighted by Gasteiger charge is -2.21. The summed E-state index contributed by atoms with van der Waals surface area (Å²) in [6.07, 6.45) is 5.80. The van der Waals surface area contributed by atoms with Gasteiger partial charge in [-0.3, -0.25) is 0 Å². The molecule has 0 saturated heterocycles. The van der Waals surface area contributed by atoms with Gasteiger partial charge in [0.1, 0.15) is 11.6 Å². The molecule has 0 atom stereocenters. The van der Waals surface area contributed by atoms with Gasteiger partial charge in [-0.25, -0.2) is 8.78 Å². The highest BCUT2D eigenvalue weighted by molar-refractivity contribution is 5.72. The smallest absolute Gasteiger partial charge is 0.167 e. The molecule has 6 nitrogen and oxygen atoms in total. The Hall–Kier alpha value is -3.20. The number of nitrogens with zero attached hydrogens (tertiary/aromatic N) is 3. The number of rotatable bonds is 6. The van der Waals surface area contributed by atoms with E-state index in [0.717, 1.165) is 61.3 Å². The van der Waals surface area contributed by atoms with Crippen molar-refractivity contribution in [3.05, 3.63) is 71.3 Å². The van der Waals surface area contributed by atoms with Gasteiger partial charge in [0.15, 0.2) is 11.6 Å². The van der Waals surface area contributed by atoms with E-state index in [1.54, 1.807) is 30.5 Å². The summed E-state index contributed by atoms with van der Waals surface area (Å²) in [4.78, 5) is 0. The second kappa shape index (κ2) is 10.0. The predicted molar refractivity (Wildman–Crippen MR) is 138 cm³/mol. The summed E-state index contributed by atoms with van der Waals surface area (Å²) >= 11 is 0. The molecule has 2 aliphatic rings. The summed E-state index contributed by atoms with van der Waals surface area (Å²) in [5.41, 5.74) is 3.23. The molecule has 2 aromatic carbocycles. The Balaban J connectivity index is 1.55. The molecule has 0 bridgehead atoms. The molecule has 3 N–H and O–H groups in total. The lowest BCUT2D eigenvalue weighted by molar-refractivity contribution is 0.0623. The fraction of sp³-hybridized carbons (Fsp3) is 0.357. The number of hydrogen-bond donors (Lipinski definition) is 3. The van der Waals surface area contributed by atoms with Crippen LogP contribution in [0.25, 0.3) is 33.9 Å². The first-order valence-electron chi connectivity index (χ1n) is 12.4. The highest BCUT2D eigenvalue weighted by atomic mass is 19.1. The largest absolute Gasteiger partial charge is 0.389 e. The summed E-state index contributed by atoms with van der Waals surface area (Å²) in [7, 11) is 0. The molecule has 1 aromatic heterocycles. The van der Waals surface area contributed by atoms with Crippen LogP contribution in [-0.4, -0.2) is 51.7 Å². The summed E-state index contributed by atoms with van der Waals surface area (Å²) in [6.45, 7) is 6.61. The second-order valence-electron chi connectivity index (χ2n) is 10.0. The summed E-state index contributed by atoms with van der Waals surface area (Å²) in [6, 6.07) is 10.1. The lowest BCUT2D eigenvalue weighted by atomic mass is 9.98. The molecular weight excluding hydrogens is 460 g/mol. The first kappa shape index (κ1) is 24.5. The van der Waals surface area contributed by atoms with E-state index in [9.17, 15) is 5.11 Å². The van der Waals surface area contributed by atoms with Crippen LogP contribution >= 0.6 is 0 Å². The molecule has 5 rings (SSSR count). The fourth-order valence-electron chi connectivity index (χ4n) is 4.80. The standard InChI is InChI=1S/C28H31F2N5O/c1-28(2,36)17-35-26(22-5-3-20(15-24(22)29)18-7-11-31-12-8-18)33-34-27(35)23-6-4-21(16-25(23)30)19-9-13-32-14-10-19/h3-7,9,15-16,31-32,36H,8,10-14,17H2,1-2H3. The molecule has 0 spiro atoms. The molecule has 2 aliphatic heterocycles. The summed E-state index contributed by atoms with van der Waals surface area (Å²) in [5.74, 6) is -0.368. The lowest BCUT2D eigenvalue weighted by Crippen LogP contribution is -2.27. The van der Waals surface area contributed by atoms with Crippen LogP contribution in [0.5, 0.6) is 0 Å². The number of halogens is 2. The van der Waals surface area contributed by atoms with Crippen molar-refractivity contribution in [2.45, 2.75) is 38.8 Å². The van der Waals surface area contributed by atoms with E-state index in [1.165, 1.54) is 12.1 Å². The van der Waals surface area contributed by atoms with Gasteiger partial charge < -0.3 is 20.3 Å². The molecule has 0 radical (unpaired) electrons. The van der Waals surface area contributed by atoms with E-state index >= 15 is 8.78 Å².